The van der Waals surface area contributed by atoms with E-state index in [1.54, 1.807) is 0 Å². The van der Waals surface area contributed by atoms with Gasteiger partial charge in [-0.3, -0.25) is 4.79 Å². The summed E-state index contributed by atoms with van der Waals surface area (Å²) in [6.45, 7) is 0. The molecule has 0 N–H and O–H groups in total. The Balaban J connectivity index is 2.48. The van der Waals surface area contributed by atoms with E-state index >= 15 is 0 Å². The number of rotatable bonds is 2. The molecule has 0 bridgehead atoms. The first kappa shape index (κ1) is 9.45. The maximum absolute atomic E-state index is 12.8. The second-order valence-electron chi connectivity index (χ2n) is 2.73. The molecule has 76 valence electrons. The van der Waals surface area contributed by atoms with Crippen LogP contribution in [0.15, 0.2) is 22.7 Å². The van der Waals surface area contributed by atoms with Gasteiger partial charge in [0.2, 0.25) is 12.1 Å². The first-order valence-electron chi connectivity index (χ1n) is 3.94. The zero-order valence-electron chi connectivity index (χ0n) is 7.28. The number of aldehydes is 1. The average molecular weight is 210 g/mol. The number of nitrogens with zero attached hydrogens (tertiary/aromatic N) is 2. The minimum absolute atomic E-state index is 0.0319. The smallest absolute Gasteiger partial charge is 0.291 e. The minimum atomic E-state index is -0.748. The molecule has 1 aromatic heterocycles. The van der Waals surface area contributed by atoms with Gasteiger partial charge in [-0.1, -0.05) is 5.16 Å². The predicted molar refractivity (Wildman–Crippen MR) is 45.0 cm³/mol. The molecule has 0 saturated carbocycles. The zero-order chi connectivity index (χ0) is 10.8. The fourth-order valence-electron chi connectivity index (χ4n) is 1.08. The second kappa shape index (κ2) is 3.56. The molecular weight excluding hydrogens is 206 g/mol. The van der Waals surface area contributed by atoms with Gasteiger partial charge < -0.3 is 4.52 Å². The lowest BCUT2D eigenvalue weighted by molar-refractivity contribution is 0.108. The highest BCUT2D eigenvalue weighted by Crippen LogP contribution is 2.18. The third-order valence-electron chi connectivity index (χ3n) is 1.66. The molecule has 0 aliphatic rings. The van der Waals surface area contributed by atoms with E-state index in [0.717, 1.165) is 18.2 Å². The van der Waals surface area contributed by atoms with Gasteiger partial charge in [0.1, 0.15) is 11.6 Å². The van der Waals surface area contributed by atoms with Crippen LogP contribution in [0.2, 0.25) is 0 Å². The van der Waals surface area contributed by atoms with E-state index in [9.17, 15) is 13.6 Å². The maximum atomic E-state index is 12.8. The van der Waals surface area contributed by atoms with E-state index in [4.69, 9.17) is 0 Å². The van der Waals surface area contributed by atoms with Crippen LogP contribution in [0.25, 0.3) is 11.4 Å². The van der Waals surface area contributed by atoms with E-state index < -0.39 is 11.6 Å². The van der Waals surface area contributed by atoms with Crippen LogP contribution in [0.5, 0.6) is 0 Å². The first-order chi connectivity index (χ1) is 7.19. The highest BCUT2D eigenvalue weighted by atomic mass is 19.1. The first-order valence-corrected chi connectivity index (χ1v) is 3.94. The molecule has 15 heavy (non-hydrogen) atoms. The van der Waals surface area contributed by atoms with Gasteiger partial charge in [0.25, 0.3) is 5.89 Å². The highest BCUT2D eigenvalue weighted by Gasteiger charge is 2.09. The van der Waals surface area contributed by atoms with Crippen molar-refractivity contribution in [3.8, 4) is 11.4 Å². The van der Waals surface area contributed by atoms with Crippen LogP contribution in [0.4, 0.5) is 8.78 Å². The molecule has 0 radical (unpaired) electrons. The fourth-order valence-corrected chi connectivity index (χ4v) is 1.08. The summed E-state index contributed by atoms with van der Waals surface area (Å²) in [5.74, 6) is -1.77. The summed E-state index contributed by atoms with van der Waals surface area (Å²) in [4.78, 5) is 13.8. The van der Waals surface area contributed by atoms with Crippen LogP contribution in [0.1, 0.15) is 10.7 Å². The Morgan fingerprint density at radius 1 is 1.20 bits per heavy atom. The van der Waals surface area contributed by atoms with Crippen molar-refractivity contribution < 1.29 is 18.1 Å². The third-order valence-corrected chi connectivity index (χ3v) is 1.66. The molecule has 0 aliphatic heterocycles. The fraction of sp³-hybridized carbons (Fsp3) is 0. The Hall–Kier alpha value is -2.11. The summed E-state index contributed by atoms with van der Waals surface area (Å²) in [6.07, 6.45) is 0.353. The van der Waals surface area contributed by atoms with Gasteiger partial charge in [0.15, 0.2) is 0 Å². The molecule has 0 spiro atoms. The molecule has 2 rings (SSSR count). The van der Waals surface area contributed by atoms with E-state index in [2.05, 4.69) is 14.7 Å². The number of hydrogen-bond donors (Lipinski definition) is 0. The number of carbonyl (C=O) groups excluding carboxylic acids is 1. The van der Waals surface area contributed by atoms with Crippen molar-refractivity contribution in [1.82, 2.24) is 10.1 Å². The topological polar surface area (TPSA) is 56.0 Å². The van der Waals surface area contributed by atoms with Crippen molar-refractivity contribution in [2.75, 3.05) is 0 Å². The van der Waals surface area contributed by atoms with Crippen molar-refractivity contribution in [3.63, 3.8) is 0 Å². The van der Waals surface area contributed by atoms with Gasteiger partial charge in [-0.15, -0.1) is 0 Å². The molecule has 0 aliphatic carbocycles. The van der Waals surface area contributed by atoms with Crippen LogP contribution in [0, 0.1) is 11.6 Å². The summed E-state index contributed by atoms with van der Waals surface area (Å²) in [5, 5.41) is 3.39. The lowest BCUT2D eigenvalue weighted by Gasteiger charge is -1.94. The monoisotopic (exact) mass is 210 g/mol. The molecule has 0 saturated heterocycles. The van der Waals surface area contributed by atoms with Crippen LogP contribution < -0.4 is 0 Å². The summed E-state index contributed by atoms with van der Waals surface area (Å²) >= 11 is 0. The van der Waals surface area contributed by atoms with Crippen LogP contribution in [-0.2, 0) is 0 Å². The molecule has 1 heterocycles. The predicted octanol–water partition coefficient (Wildman–Crippen LogP) is 1.83. The molecule has 2 aromatic rings. The molecule has 0 fully saturated rings. The molecule has 0 atom stereocenters. The average Bonchev–Trinajstić information content (AvgIpc) is 2.64. The SMILES string of the molecule is O=Cc1nc(-c2cc(F)cc(F)c2)no1. The lowest BCUT2D eigenvalue weighted by atomic mass is 10.2. The van der Waals surface area contributed by atoms with Gasteiger partial charge in [-0.2, -0.15) is 4.98 Å². The standard InChI is InChI=1S/C9H4F2N2O2/c10-6-1-5(2-7(11)3-6)9-12-8(4-14)15-13-9/h1-4H. The van der Waals surface area contributed by atoms with Crippen molar-refractivity contribution in [3.05, 3.63) is 35.7 Å². The molecule has 1 aromatic carbocycles. The summed E-state index contributed by atoms with van der Waals surface area (Å²) < 4.78 is 30.1. The van der Waals surface area contributed by atoms with Gasteiger partial charge in [0, 0.05) is 11.6 Å². The number of carbonyl (C=O) groups is 1. The summed E-state index contributed by atoms with van der Waals surface area (Å²) in [5.41, 5.74) is 0.115. The van der Waals surface area contributed by atoms with Crippen LogP contribution in [-0.4, -0.2) is 16.4 Å². The Morgan fingerprint density at radius 3 is 2.40 bits per heavy atom. The normalized spacial score (nSPS) is 10.3. The van der Waals surface area contributed by atoms with Crippen molar-refractivity contribution in [2.45, 2.75) is 0 Å². The highest BCUT2D eigenvalue weighted by molar-refractivity contribution is 5.68. The Morgan fingerprint density at radius 2 is 1.87 bits per heavy atom. The van der Waals surface area contributed by atoms with Gasteiger partial charge in [0.05, 0.1) is 0 Å². The molecule has 0 unspecified atom stereocenters. The number of halogens is 2. The van der Waals surface area contributed by atoms with E-state index in [1.165, 1.54) is 0 Å². The molecule has 4 nitrogen and oxygen atoms in total. The lowest BCUT2D eigenvalue weighted by Crippen LogP contribution is -1.86. The Bertz CT molecular complexity index is 490. The van der Waals surface area contributed by atoms with Gasteiger partial charge in [-0.05, 0) is 12.1 Å². The van der Waals surface area contributed by atoms with Gasteiger partial charge >= 0.3 is 0 Å². The summed E-state index contributed by atoms with van der Waals surface area (Å²) in [7, 11) is 0. The number of aromatic nitrogens is 2. The third kappa shape index (κ3) is 1.88. The van der Waals surface area contributed by atoms with Crippen LogP contribution in [0.3, 0.4) is 0 Å². The molecule has 6 heteroatoms. The minimum Gasteiger partial charge on any atom is -0.331 e. The second-order valence-corrected chi connectivity index (χ2v) is 2.73. The quantitative estimate of drug-likeness (QED) is 0.709. The number of hydrogen-bond acceptors (Lipinski definition) is 4. The van der Waals surface area contributed by atoms with Crippen molar-refractivity contribution in [1.29, 1.82) is 0 Å². The van der Waals surface area contributed by atoms with Gasteiger partial charge in [-0.25, -0.2) is 8.78 Å². The summed E-state index contributed by atoms with van der Waals surface area (Å²) in [6, 6.07) is 2.81. The van der Waals surface area contributed by atoms with Crippen molar-refractivity contribution in [2.24, 2.45) is 0 Å². The zero-order valence-corrected chi connectivity index (χ0v) is 7.28. The van der Waals surface area contributed by atoms with Crippen molar-refractivity contribution >= 4 is 6.29 Å². The number of benzene rings is 1. The van der Waals surface area contributed by atoms with E-state index in [-0.39, 0.29) is 17.3 Å². The van der Waals surface area contributed by atoms with Crippen LogP contribution >= 0.6 is 0 Å². The van der Waals surface area contributed by atoms with E-state index in [0.29, 0.717) is 6.29 Å². The molecular formula is C9H4F2N2O2. The molecule has 0 amide bonds. The largest absolute Gasteiger partial charge is 0.331 e. The Kier molecular flexibility index (Phi) is 2.24. The van der Waals surface area contributed by atoms with E-state index in [1.807, 2.05) is 0 Å². The Labute approximate surface area is 82.5 Å². The maximum Gasteiger partial charge on any atom is 0.291 e.